The molecule has 1 aromatic rings. The van der Waals surface area contributed by atoms with Gasteiger partial charge >= 0.3 is 0 Å². The van der Waals surface area contributed by atoms with Gasteiger partial charge in [-0.2, -0.15) is 0 Å². The average Bonchev–Trinajstić information content (AvgIpc) is 2.14. The van der Waals surface area contributed by atoms with Gasteiger partial charge in [-0.3, -0.25) is 9.69 Å². The second kappa shape index (κ2) is 4.62. The van der Waals surface area contributed by atoms with Gasteiger partial charge in [0.1, 0.15) is 0 Å². The van der Waals surface area contributed by atoms with Crippen LogP contribution >= 0.6 is 0 Å². The Morgan fingerprint density at radius 2 is 2.21 bits per heavy atom. The summed E-state index contributed by atoms with van der Waals surface area (Å²) in [5.74, 6) is -0.106. The zero-order valence-electron chi connectivity index (χ0n) is 8.45. The fraction of sp³-hybridized carbons (Fsp3) is 0.300. The van der Waals surface area contributed by atoms with Gasteiger partial charge in [-0.15, -0.1) is 0 Å². The van der Waals surface area contributed by atoms with Gasteiger partial charge in [-0.1, -0.05) is 6.07 Å². The van der Waals surface area contributed by atoms with E-state index in [-0.39, 0.29) is 5.91 Å². The molecule has 4 nitrogen and oxygen atoms in total. The van der Waals surface area contributed by atoms with E-state index in [1.807, 2.05) is 19.0 Å². The predicted molar refractivity (Wildman–Crippen MR) is 56.9 cm³/mol. The molecule has 0 radical (unpaired) electrons. The van der Waals surface area contributed by atoms with Crippen molar-refractivity contribution in [1.82, 2.24) is 10.2 Å². The molecule has 0 aromatic heterocycles. The maximum atomic E-state index is 11.5. The molecule has 1 aromatic carbocycles. The summed E-state index contributed by atoms with van der Waals surface area (Å²) in [6.45, 7) is 0.521. The fourth-order valence-electron chi connectivity index (χ4n) is 1.01. The van der Waals surface area contributed by atoms with Gasteiger partial charge in [0.15, 0.2) is 0 Å². The topological polar surface area (TPSA) is 58.4 Å². The Labute approximate surface area is 83.7 Å². The number of hydrogen-bond acceptors (Lipinski definition) is 3. The highest BCUT2D eigenvalue weighted by molar-refractivity contribution is 5.94. The van der Waals surface area contributed by atoms with Gasteiger partial charge < -0.3 is 11.1 Å². The number of nitrogens with two attached hydrogens (primary N) is 1. The van der Waals surface area contributed by atoms with Gasteiger partial charge in [0, 0.05) is 11.3 Å². The van der Waals surface area contributed by atoms with Crippen LogP contribution in [0.3, 0.4) is 0 Å². The van der Waals surface area contributed by atoms with Crippen LogP contribution in [0.4, 0.5) is 5.69 Å². The molecule has 0 spiro atoms. The highest BCUT2D eigenvalue weighted by atomic mass is 16.1. The van der Waals surface area contributed by atoms with Crippen molar-refractivity contribution in [3.63, 3.8) is 0 Å². The molecule has 1 rings (SSSR count). The number of carbonyl (C=O) groups excluding carboxylic acids is 1. The Morgan fingerprint density at radius 3 is 2.79 bits per heavy atom. The van der Waals surface area contributed by atoms with Crippen molar-refractivity contribution >= 4 is 11.6 Å². The minimum absolute atomic E-state index is 0.106. The van der Waals surface area contributed by atoms with E-state index < -0.39 is 0 Å². The van der Waals surface area contributed by atoms with Gasteiger partial charge in [-0.05, 0) is 32.3 Å². The largest absolute Gasteiger partial charge is 0.399 e. The second-order valence-electron chi connectivity index (χ2n) is 3.37. The first kappa shape index (κ1) is 10.5. The molecule has 0 bridgehead atoms. The highest BCUT2D eigenvalue weighted by Gasteiger charge is 2.04. The lowest BCUT2D eigenvalue weighted by Gasteiger charge is -2.11. The first-order valence-corrected chi connectivity index (χ1v) is 4.38. The lowest BCUT2D eigenvalue weighted by molar-refractivity contribution is 0.0935. The summed E-state index contributed by atoms with van der Waals surface area (Å²) >= 11 is 0. The second-order valence-corrected chi connectivity index (χ2v) is 3.37. The standard InChI is InChI=1S/C10H15N3O/c1-13(2)7-12-10(14)8-4-3-5-9(11)6-8/h3-6H,7,11H2,1-2H3,(H,12,14). The number of nitrogens with one attached hydrogen (secondary N) is 1. The summed E-state index contributed by atoms with van der Waals surface area (Å²) in [5.41, 5.74) is 6.75. The molecule has 76 valence electrons. The van der Waals surface area contributed by atoms with Gasteiger partial charge in [0.25, 0.3) is 5.91 Å². The van der Waals surface area contributed by atoms with Crippen LogP contribution in [0.25, 0.3) is 0 Å². The molecule has 0 fully saturated rings. The van der Waals surface area contributed by atoms with E-state index in [9.17, 15) is 4.79 Å². The number of nitrogens with zero attached hydrogens (tertiary/aromatic N) is 1. The summed E-state index contributed by atoms with van der Waals surface area (Å²) in [6.07, 6.45) is 0. The lowest BCUT2D eigenvalue weighted by atomic mass is 10.2. The van der Waals surface area contributed by atoms with Crippen LogP contribution in [0.2, 0.25) is 0 Å². The van der Waals surface area contributed by atoms with E-state index in [1.165, 1.54) is 0 Å². The number of carbonyl (C=O) groups is 1. The number of amides is 1. The normalized spacial score (nSPS) is 10.2. The van der Waals surface area contributed by atoms with Gasteiger partial charge in [-0.25, -0.2) is 0 Å². The Kier molecular flexibility index (Phi) is 3.48. The lowest BCUT2D eigenvalue weighted by Crippen LogP contribution is -2.33. The van der Waals surface area contributed by atoms with E-state index in [0.717, 1.165) is 0 Å². The van der Waals surface area contributed by atoms with E-state index in [4.69, 9.17) is 5.73 Å². The smallest absolute Gasteiger partial charge is 0.252 e. The molecule has 0 aliphatic heterocycles. The van der Waals surface area contributed by atoms with Crippen LogP contribution in [0, 0.1) is 0 Å². The van der Waals surface area contributed by atoms with Crippen LogP contribution in [0.1, 0.15) is 10.4 Å². The summed E-state index contributed by atoms with van der Waals surface area (Å²) in [4.78, 5) is 13.4. The van der Waals surface area contributed by atoms with Crippen molar-refractivity contribution in [2.75, 3.05) is 26.5 Å². The minimum Gasteiger partial charge on any atom is -0.399 e. The van der Waals surface area contributed by atoms with Crippen LogP contribution in [-0.2, 0) is 0 Å². The van der Waals surface area contributed by atoms with Crippen LogP contribution < -0.4 is 11.1 Å². The summed E-state index contributed by atoms with van der Waals surface area (Å²) in [7, 11) is 3.78. The molecule has 0 unspecified atom stereocenters. The third kappa shape index (κ3) is 3.06. The molecule has 0 atom stereocenters. The maximum absolute atomic E-state index is 11.5. The van der Waals surface area contributed by atoms with Gasteiger partial charge in [0.05, 0.1) is 6.67 Å². The van der Waals surface area contributed by atoms with E-state index in [2.05, 4.69) is 5.32 Å². The SMILES string of the molecule is CN(C)CNC(=O)c1cccc(N)c1. The third-order valence-corrected chi connectivity index (χ3v) is 1.70. The zero-order valence-corrected chi connectivity index (χ0v) is 8.45. The molecular formula is C10H15N3O. The summed E-state index contributed by atoms with van der Waals surface area (Å²) < 4.78 is 0. The van der Waals surface area contributed by atoms with Crippen molar-refractivity contribution in [2.45, 2.75) is 0 Å². The fourth-order valence-corrected chi connectivity index (χ4v) is 1.01. The summed E-state index contributed by atoms with van der Waals surface area (Å²) in [5, 5.41) is 2.76. The number of anilines is 1. The molecule has 0 aliphatic rings. The molecule has 0 heterocycles. The molecule has 3 N–H and O–H groups in total. The molecule has 1 amide bonds. The molecule has 0 saturated carbocycles. The van der Waals surface area contributed by atoms with Gasteiger partial charge in [0.2, 0.25) is 0 Å². The van der Waals surface area contributed by atoms with E-state index in [0.29, 0.717) is 17.9 Å². The number of nitrogen functional groups attached to an aromatic ring is 1. The predicted octanol–water partition coefficient (Wildman–Crippen LogP) is 0.518. The van der Waals surface area contributed by atoms with Crippen molar-refractivity contribution in [2.24, 2.45) is 0 Å². The summed E-state index contributed by atoms with van der Waals surface area (Å²) in [6, 6.07) is 6.91. The monoisotopic (exact) mass is 193 g/mol. The Balaban J connectivity index is 2.61. The first-order chi connectivity index (χ1) is 6.59. The van der Waals surface area contributed by atoms with Crippen molar-refractivity contribution < 1.29 is 4.79 Å². The average molecular weight is 193 g/mol. The Morgan fingerprint density at radius 1 is 1.50 bits per heavy atom. The van der Waals surface area contributed by atoms with E-state index in [1.54, 1.807) is 24.3 Å². The molecule has 0 aliphatic carbocycles. The highest BCUT2D eigenvalue weighted by Crippen LogP contribution is 2.05. The minimum atomic E-state index is -0.106. The van der Waals surface area contributed by atoms with Crippen LogP contribution in [0.15, 0.2) is 24.3 Å². The molecule has 0 saturated heterocycles. The van der Waals surface area contributed by atoms with Crippen molar-refractivity contribution in [3.8, 4) is 0 Å². The number of hydrogen-bond donors (Lipinski definition) is 2. The zero-order chi connectivity index (χ0) is 10.6. The van der Waals surface area contributed by atoms with E-state index >= 15 is 0 Å². The first-order valence-electron chi connectivity index (χ1n) is 4.38. The molecular weight excluding hydrogens is 178 g/mol. The maximum Gasteiger partial charge on any atom is 0.252 e. The van der Waals surface area contributed by atoms with Crippen LogP contribution in [-0.4, -0.2) is 31.6 Å². The molecule has 4 heteroatoms. The third-order valence-electron chi connectivity index (χ3n) is 1.70. The van der Waals surface area contributed by atoms with Crippen LogP contribution in [0.5, 0.6) is 0 Å². The quantitative estimate of drug-likeness (QED) is 0.543. The number of rotatable bonds is 3. The van der Waals surface area contributed by atoms with Crippen molar-refractivity contribution in [1.29, 1.82) is 0 Å². The number of benzene rings is 1. The van der Waals surface area contributed by atoms with Crippen molar-refractivity contribution in [3.05, 3.63) is 29.8 Å². The molecule has 14 heavy (non-hydrogen) atoms. The Hall–Kier alpha value is -1.55. The Bertz CT molecular complexity index is 323.